The molecule has 0 aliphatic carbocycles. The van der Waals surface area contributed by atoms with Gasteiger partial charge in [0.15, 0.2) is 0 Å². The van der Waals surface area contributed by atoms with Crippen molar-refractivity contribution in [2.75, 3.05) is 19.0 Å². The maximum atomic E-state index is 4.10. The van der Waals surface area contributed by atoms with Crippen LogP contribution in [0, 0.1) is 0 Å². The first-order chi connectivity index (χ1) is 6.70. The highest BCUT2D eigenvalue weighted by Crippen LogP contribution is 2.27. The summed E-state index contributed by atoms with van der Waals surface area (Å²) in [5.41, 5.74) is 1.98. The van der Waals surface area contributed by atoms with Crippen molar-refractivity contribution < 1.29 is 0 Å². The Morgan fingerprint density at radius 3 is 2.79 bits per heavy atom. The third-order valence-corrected chi connectivity index (χ3v) is 2.72. The summed E-state index contributed by atoms with van der Waals surface area (Å²) in [7, 11) is 3.99. The Morgan fingerprint density at radius 1 is 1.29 bits per heavy atom. The molecule has 14 heavy (non-hydrogen) atoms. The van der Waals surface area contributed by atoms with Gasteiger partial charge in [-0.2, -0.15) is 5.10 Å². The summed E-state index contributed by atoms with van der Waals surface area (Å²) in [6, 6.07) is 6.02. The molecule has 0 bridgehead atoms. The van der Waals surface area contributed by atoms with Gasteiger partial charge in [0.2, 0.25) is 0 Å². The lowest BCUT2D eigenvalue weighted by atomic mass is 10.2. The predicted octanol–water partition coefficient (Wildman–Crippen LogP) is 2.46. The number of rotatable bonds is 1. The first-order valence-corrected chi connectivity index (χ1v) is 5.06. The molecule has 0 spiro atoms. The average Bonchev–Trinajstić information content (AvgIpc) is 2.17. The molecular formula is C10H10BrN3. The number of benzene rings is 1. The molecule has 0 atom stereocenters. The fourth-order valence-electron chi connectivity index (χ4n) is 1.39. The molecule has 0 unspecified atom stereocenters. The van der Waals surface area contributed by atoms with E-state index in [1.165, 1.54) is 0 Å². The van der Waals surface area contributed by atoms with Crippen LogP contribution in [0.4, 0.5) is 5.69 Å². The van der Waals surface area contributed by atoms with Crippen molar-refractivity contribution in [3.63, 3.8) is 0 Å². The number of hydrogen-bond donors (Lipinski definition) is 0. The molecule has 0 saturated carbocycles. The van der Waals surface area contributed by atoms with E-state index in [2.05, 4.69) is 26.1 Å². The SMILES string of the molecule is CN(C)c1cnnc2c(Br)cccc12. The lowest BCUT2D eigenvalue weighted by Gasteiger charge is -2.14. The molecular weight excluding hydrogens is 242 g/mol. The van der Waals surface area contributed by atoms with Crippen molar-refractivity contribution in [3.8, 4) is 0 Å². The van der Waals surface area contributed by atoms with E-state index in [1.54, 1.807) is 6.20 Å². The zero-order chi connectivity index (χ0) is 10.1. The third kappa shape index (κ3) is 1.46. The molecule has 72 valence electrons. The number of aromatic nitrogens is 2. The maximum absolute atomic E-state index is 4.10. The first-order valence-electron chi connectivity index (χ1n) is 4.27. The van der Waals surface area contributed by atoms with Crippen LogP contribution in [-0.2, 0) is 0 Å². The predicted molar refractivity (Wildman–Crippen MR) is 61.6 cm³/mol. The van der Waals surface area contributed by atoms with E-state index in [9.17, 15) is 0 Å². The van der Waals surface area contributed by atoms with Gasteiger partial charge in [-0.25, -0.2) is 0 Å². The largest absolute Gasteiger partial charge is 0.376 e. The topological polar surface area (TPSA) is 29.0 Å². The Morgan fingerprint density at radius 2 is 2.07 bits per heavy atom. The Hall–Kier alpha value is -1.16. The van der Waals surface area contributed by atoms with Crippen molar-refractivity contribution in [2.24, 2.45) is 0 Å². The highest BCUT2D eigenvalue weighted by Gasteiger charge is 2.06. The number of halogens is 1. The van der Waals surface area contributed by atoms with Gasteiger partial charge in [-0.05, 0) is 22.0 Å². The van der Waals surface area contributed by atoms with Crippen molar-refractivity contribution in [2.45, 2.75) is 0 Å². The molecule has 2 aromatic rings. The van der Waals surface area contributed by atoms with Crippen molar-refractivity contribution in [3.05, 3.63) is 28.9 Å². The standard InChI is InChI=1S/C10H10BrN3/c1-14(2)9-6-12-13-10-7(9)4-3-5-8(10)11/h3-6H,1-2H3. The minimum atomic E-state index is 0.902. The van der Waals surface area contributed by atoms with Gasteiger partial charge in [0.05, 0.1) is 11.9 Å². The summed E-state index contributed by atoms with van der Waals surface area (Å²) in [4.78, 5) is 2.03. The van der Waals surface area contributed by atoms with E-state index in [0.29, 0.717) is 0 Å². The van der Waals surface area contributed by atoms with Crippen LogP contribution >= 0.6 is 15.9 Å². The van der Waals surface area contributed by atoms with Crippen LogP contribution in [-0.4, -0.2) is 24.3 Å². The lowest BCUT2D eigenvalue weighted by molar-refractivity contribution is 1.04. The van der Waals surface area contributed by atoms with Crippen LogP contribution < -0.4 is 4.90 Å². The molecule has 0 aliphatic heterocycles. The highest BCUT2D eigenvalue weighted by molar-refractivity contribution is 9.10. The molecule has 0 fully saturated rings. The van der Waals surface area contributed by atoms with E-state index in [4.69, 9.17) is 0 Å². The lowest BCUT2D eigenvalue weighted by Crippen LogP contribution is -2.09. The maximum Gasteiger partial charge on any atom is 0.109 e. The monoisotopic (exact) mass is 251 g/mol. The highest BCUT2D eigenvalue weighted by atomic mass is 79.9. The second kappa shape index (κ2) is 3.53. The van der Waals surface area contributed by atoms with E-state index >= 15 is 0 Å². The second-order valence-corrected chi connectivity index (χ2v) is 4.11. The van der Waals surface area contributed by atoms with Gasteiger partial charge in [0.25, 0.3) is 0 Å². The summed E-state index contributed by atoms with van der Waals surface area (Å²) in [5, 5.41) is 9.18. The molecule has 4 heteroatoms. The number of nitrogens with zero attached hydrogens (tertiary/aromatic N) is 3. The Kier molecular flexibility index (Phi) is 2.37. The van der Waals surface area contributed by atoms with Gasteiger partial charge in [0.1, 0.15) is 5.52 Å². The summed E-state index contributed by atoms with van der Waals surface area (Å²) < 4.78 is 0.978. The molecule has 0 aliphatic rings. The van der Waals surface area contributed by atoms with Crippen molar-refractivity contribution in [1.82, 2.24) is 10.2 Å². The summed E-state index contributed by atoms with van der Waals surface area (Å²) >= 11 is 3.46. The van der Waals surface area contributed by atoms with Gasteiger partial charge < -0.3 is 4.90 Å². The van der Waals surface area contributed by atoms with Crippen LogP contribution in [0.3, 0.4) is 0 Å². The number of fused-ring (bicyclic) bond motifs is 1. The quantitative estimate of drug-likeness (QED) is 0.780. The first kappa shape index (κ1) is 9.40. The summed E-state index contributed by atoms with van der Waals surface area (Å²) in [6.45, 7) is 0. The molecule has 3 nitrogen and oxygen atoms in total. The number of anilines is 1. The van der Waals surface area contributed by atoms with Gasteiger partial charge in [-0.3, -0.25) is 0 Å². The number of hydrogen-bond acceptors (Lipinski definition) is 3. The second-order valence-electron chi connectivity index (χ2n) is 3.26. The van der Waals surface area contributed by atoms with E-state index in [0.717, 1.165) is 21.1 Å². The molecule has 1 aromatic heterocycles. The fraction of sp³-hybridized carbons (Fsp3) is 0.200. The van der Waals surface area contributed by atoms with Crippen LogP contribution in [0.15, 0.2) is 28.9 Å². The van der Waals surface area contributed by atoms with Gasteiger partial charge in [-0.1, -0.05) is 12.1 Å². The average molecular weight is 252 g/mol. The molecule has 0 N–H and O–H groups in total. The molecule has 0 amide bonds. The van der Waals surface area contributed by atoms with Crippen LogP contribution in [0.2, 0.25) is 0 Å². The third-order valence-electron chi connectivity index (χ3n) is 2.08. The van der Waals surface area contributed by atoms with E-state index in [-0.39, 0.29) is 0 Å². The van der Waals surface area contributed by atoms with Crippen molar-refractivity contribution >= 4 is 32.5 Å². The van der Waals surface area contributed by atoms with Gasteiger partial charge >= 0.3 is 0 Å². The molecule has 2 rings (SSSR count). The van der Waals surface area contributed by atoms with Crippen LogP contribution in [0.25, 0.3) is 10.9 Å². The Labute approximate surface area is 90.9 Å². The van der Waals surface area contributed by atoms with Crippen LogP contribution in [0.1, 0.15) is 0 Å². The minimum Gasteiger partial charge on any atom is -0.376 e. The summed E-state index contributed by atoms with van der Waals surface area (Å²) in [6.07, 6.45) is 1.77. The summed E-state index contributed by atoms with van der Waals surface area (Å²) in [5.74, 6) is 0. The fourth-order valence-corrected chi connectivity index (χ4v) is 1.84. The molecule has 0 radical (unpaired) electrons. The molecule has 0 saturated heterocycles. The normalized spacial score (nSPS) is 10.5. The van der Waals surface area contributed by atoms with Gasteiger partial charge in [0, 0.05) is 24.0 Å². The van der Waals surface area contributed by atoms with E-state index in [1.807, 2.05) is 37.2 Å². The zero-order valence-electron chi connectivity index (χ0n) is 8.03. The Bertz CT molecular complexity index is 468. The zero-order valence-corrected chi connectivity index (χ0v) is 9.62. The van der Waals surface area contributed by atoms with Crippen molar-refractivity contribution in [1.29, 1.82) is 0 Å². The molecule has 1 heterocycles. The minimum absolute atomic E-state index is 0.902. The van der Waals surface area contributed by atoms with Gasteiger partial charge in [-0.15, -0.1) is 5.10 Å². The van der Waals surface area contributed by atoms with Crippen LogP contribution in [0.5, 0.6) is 0 Å². The smallest absolute Gasteiger partial charge is 0.109 e. The Balaban J connectivity index is 2.81. The molecule has 1 aromatic carbocycles. The van der Waals surface area contributed by atoms with E-state index < -0.39 is 0 Å².